The largest absolute Gasteiger partial charge is 0.495 e. The van der Waals surface area contributed by atoms with Crippen molar-refractivity contribution in [1.82, 2.24) is 4.90 Å². The number of hydrogen-bond acceptors (Lipinski definition) is 2. The van der Waals surface area contributed by atoms with Gasteiger partial charge in [-0.05, 0) is 44.1 Å². The fourth-order valence-corrected chi connectivity index (χ4v) is 2.35. The molecule has 2 nitrogen and oxygen atoms in total. The van der Waals surface area contributed by atoms with E-state index in [0.29, 0.717) is 5.88 Å². The molecular formula is C11H19NO. The highest BCUT2D eigenvalue weighted by Gasteiger charge is 2.18. The molecule has 2 aliphatic rings. The number of nitrogens with zero attached hydrogens (tertiary/aromatic N) is 1. The Labute approximate surface area is 80.2 Å². The molecule has 1 N–H and O–H groups in total. The number of allylic oxidation sites excluding steroid dienone is 1. The van der Waals surface area contributed by atoms with Gasteiger partial charge >= 0.3 is 0 Å². The molecule has 1 heterocycles. The summed E-state index contributed by atoms with van der Waals surface area (Å²) < 4.78 is 0. The lowest BCUT2D eigenvalue weighted by molar-refractivity contribution is 0.221. The molecule has 0 radical (unpaired) electrons. The molecule has 2 heteroatoms. The van der Waals surface area contributed by atoms with E-state index in [1.165, 1.54) is 37.7 Å². The molecular weight excluding hydrogens is 162 g/mol. The van der Waals surface area contributed by atoms with Crippen LogP contribution in [-0.2, 0) is 0 Å². The van der Waals surface area contributed by atoms with E-state index < -0.39 is 0 Å². The highest BCUT2D eigenvalue weighted by molar-refractivity contribution is 5.09. The van der Waals surface area contributed by atoms with Gasteiger partial charge in [0.05, 0.1) is 0 Å². The second-order valence-corrected chi connectivity index (χ2v) is 4.18. The van der Waals surface area contributed by atoms with Crippen LogP contribution in [0.3, 0.4) is 0 Å². The van der Waals surface area contributed by atoms with E-state index in [1.807, 2.05) is 0 Å². The lowest BCUT2D eigenvalue weighted by atomic mass is 9.95. The average Bonchev–Trinajstić information content (AvgIpc) is 2.71. The first-order chi connectivity index (χ1) is 6.38. The van der Waals surface area contributed by atoms with Gasteiger partial charge in [-0.25, -0.2) is 0 Å². The van der Waals surface area contributed by atoms with E-state index in [4.69, 9.17) is 0 Å². The summed E-state index contributed by atoms with van der Waals surface area (Å²) in [5.74, 6) is 0.622. The first kappa shape index (κ1) is 8.92. The van der Waals surface area contributed by atoms with E-state index in [1.54, 1.807) is 0 Å². The van der Waals surface area contributed by atoms with Crippen molar-refractivity contribution >= 4 is 0 Å². The monoisotopic (exact) mass is 181 g/mol. The zero-order valence-corrected chi connectivity index (χ0v) is 8.26. The van der Waals surface area contributed by atoms with Crippen molar-refractivity contribution in [3.8, 4) is 0 Å². The molecule has 0 atom stereocenters. The molecule has 0 bridgehead atoms. The van der Waals surface area contributed by atoms with Crippen molar-refractivity contribution in [1.29, 1.82) is 0 Å². The van der Waals surface area contributed by atoms with Crippen molar-refractivity contribution in [2.24, 2.45) is 0 Å². The molecule has 0 amide bonds. The fourth-order valence-electron chi connectivity index (χ4n) is 2.35. The van der Waals surface area contributed by atoms with Crippen molar-refractivity contribution in [3.63, 3.8) is 0 Å². The van der Waals surface area contributed by atoms with Crippen LogP contribution in [0.4, 0.5) is 0 Å². The molecule has 0 aromatic carbocycles. The van der Waals surface area contributed by atoms with E-state index in [9.17, 15) is 5.11 Å². The van der Waals surface area contributed by atoms with Gasteiger partial charge in [-0.2, -0.15) is 0 Å². The van der Waals surface area contributed by atoms with Crippen LogP contribution < -0.4 is 0 Å². The third-order valence-corrected chi connectivity index (χ3v) is 3.18. The van der Waals surface area contributed by atoms with Gasteiger partial charge in [-0.15, -0.1) is 0 Å². The lowest BCUT2D eigenvalue weighted by Gasteiger charge is -2.22. The van der Waals surface area contributed by atoms with Crippen LogP contribution in [0, 0.1) is 0 Å². The van der Waals surface area contributed by atoms with Crippen LogP contribution in [0.15, 0.2) is 11.5 Å². The minimum atomic E-state index is 0.622. The summed E-state index contributed by atoms with van der Waals surface area (Å²) in [5, 5.41) is 9.98. The van der Waals surface area contributed by atoms with Gasteiger partial charge in [-0.3, -0.25) is 0 Å². The van der Waals surface area contributed by atoms with Gasteiger partial charge < -0.3 is 10.0 Å². The van der Waals surface area contributed by atoms with Crippen LogP contribution in [-0.4, -0.2) is 23.1 Å². The fraction of sp³-hybridized carbons (Fsp3) is 0.818. The third-order valence-electron chi connectivity index (χ3n) is 3.18. The Bertz CT molecular complexity index is 196. The summed E-state index contributed by atoms with van der Waals surface area (Å²) in [5.41, 5.74) is 1.31. The predicted molar refractivity (Wildman–Crippen MR) is 53.5 cm³/mol. The topological polar surface area (TPSA) is 23.5 Å². The normalized spacial score (nSPS) is 23.7. The van der Waals surface area contributed by atoms with E-state index >= 15 is 0 Å². The first-order valence-corrected chi connectivity index (χ1v) is 5.54. The highest BCUT2D eigenvalue weighted by Crippen LogP contribution is 2.27. The Hall–Kier alpha value is -0.660. The van der Waals surface area contributed by atoms with Gasteiger partial charge in [0.1, 0.15) is 0 Å². The molecule has 74 valence electrons. The molecule has 1 saturated carbocycles. The summed E-state index contributed by atoms with van der Waals surface area (Å²) in [6, 6.07) is 0. The Kier molecular flexibility index (Phi) is 2.77. The Morgan fingerprint density at radius 1 is 0.923 bits per heavy atom. The first-order valence-electron chi connectivity index (χ1n) is 5.54. The van der Waals surface area contributed by atoms with Crippen molar-refractivity contribution < 1.29 is 5.11 Å². The number of hydrogen-bond donors (Lipinski definition) is 1. The number of aliphatic hydroxyl groups is 1. The summed E-state index contributed by atoms with van der Waals surface area (Å²) in [6.45, 7) is 2.13. The molecule has 0 spiro atoms. The maximum atomic E-state index is 9.98. The number of rotatable bonds is 1. The van der Waals surface area contributed by atoms with Crippen molar-refractivity contribution in [2.45, 2.75) is 44.9 Å². The van der Waals surface area contributed by atoms with E-state index in [0.717, 1.165) is 25.9 Å². The molecule has 2 fully saturated rings. The quantitative estimate of drug-likeness (QED) is 0.629. The van der Waals surface area contributed by atoms with E-state index in [-0.39, 0.29) is 0 Å². The molecule has 2 rings (SSSR count). The summed E-state index contributed by atoms with van der Waals surface area (Å²) >= 11 is 0. The summed E-state index contributed by atoms with van der Waals surface area (Å²) in [4.78, 5) is 2.15. The molecule has 0 unspecified atom stereocenters. The van der Waals surface area contributed by atoms with Gasteiger partial charge in [0.25, 0.3) is 0 Å². The van der Waals surface area contributed by atoms with Crippen LogP contribution in [0.2, 0.25) is 0 Å². The minimum absolute atomic E-state index is 0.622. The minimum Gasteiger partial charge on any atom is -0.495 e. The third kappa shape index (κ3) is 1.98. The van der Waals surface area contributed by atoms with Crippen molar-refractivity contribution in [2.75, 3.05) is 13.1 Å². The van der Waals surface area contributed by atoms with Crippen LogP contribution >= 0.6 is 0 Å². The van der Waals surface area contributed by atoms with Gasteiger partial charge in [0.2, 0.25) is 0 Å². The molecule has 1 aliphatic carbocycles. The smallest absolute Gasteiger partial charge is 0.185 e. The average molecular weight is 181 g/mol. The zero-order chi connectivity index (χ0) is 9.10. The van der Waals surface area contributed by atoms with Crippen molar-refractivity contribution in [3.05, 3.63) is 11.5 Å². The SMILES string of the molecule is OC(=C1CCCCC1)N1CCCC1. The van der Waals surface area contributed by atoms with Crippen LogP contribution in [0.5, 0.6) is 0 Å². The van der Waals surface area contributed by atoms with Gasteiger partial charge in [0.15, 0.2) is 5.88 Å². The zero-order valence-electron chi connectivity index (χ0n) is 8.26. The summed E-state index contributed by atoms with van der Waals surface area (Å²) in [7, 11) is 0. The van der Waals surface area contributed by atoms with Crippen LogP contribution in [0.1, 0.15) is 44.9 Å². The molecule has 13 heavy (non-hydrogen) atoms. The Morgan fingerprint density at radius 3 is 2.15 bits per heavy atom. The van der Waals surface area contributed by atoms with Crippen LogP contribution in [0.25, 0.3) is 0 Å². The van der Waals surface area contributed by atoms with E-state index in [2.05, 4.69) is 4.90 Å². The number of likely N-dealkylation sites (tertiary alicyclic amines) is 1. The lowest BCUT2D eigenvalue weighted by Crippen LogP contribution is -2.20. The van der Waals surface area contributed by atoms with Gasteiger partial charge in [-0.1, -0.05) is 6.42 Å². The maximum Gasteiger partial charge on any atom is 0.185 e. The molecule has 0 aromatic rings. The summed E-state index contributed by atoms with van der Waals surface area (Å²) in [6.07, 6.45) is 8.64. The predicted octanol–water partition coefficient (Wildman–Crippen LogP) is 2.82. The molecule has 1 aliphatic heterocycles. The Morgan fingerprint density at radius 2 is 1.54 bits per heavy atom. The second kappa shape index (κ2) is 4.03. The maximum absolute atomic E-state index is 9.98. The number of aliphatic hydroxyl groups excluding tert-OH is 1. The molecule has 0 aromatic heterocycles. The standard InChI is InChI=1S/C11H19NO/c13-11(12-8-4-5-9-12)10-6-2-1-3-7-10/h13H,1-9H2. The molecule has 1 saturated heterocycles. The second-order valence-electron chi connectivity index (χ2n) is 4.18. The van der Waals surface area contributed by atoms with Gasteiger partial charge in [0, 0.05) is 13.1 Å². The Balaban J connectivity index is 2.02. The highest BCUT2D eigenvalue weighted by atomic mass is 16.3.